The highest BCUT2D eigenvalue weighted by Gasteiger charge is 2.29. The Labute approximate surface area is 157 Å². The summed E-state index contributed by atoms with van der Waals surface area (Å²) in [5.74, 6) is 0. The van der Waals surface area contributed by atoms with Gasteiger partial charge < -0.3 is 4.90 Å². The molecule has 0 saturated carbocycles. The summed E-state index contributed by atoms with van der Waals surface area (Å²) in [4.78, 5) is 2.61. The van der Waals surface area contributed by atoms with E-state index in [1.165, 1.54) is 83.3 Å². The van der Waals surface area contributed by atoms with Gasteiger partial charge in [-0.25, -0.2) is 8.42 Å². The van der Waals surface area contributed by atoms with Gasteiger partial charge in [-0.2, -0.15) is 0 Å². The molecular formula is C21H43NO2S. The Morgan fingerprint density at radius 2 is 1.24 bits per heavy atom. The first kappa shape index (κ1) is 23.0. The predicted molar refractivity (Wildman–Crippen MR) is 110 cm³/mol. The molecule has 0 atom stereocenters. The van der Waals surface area contributed by atoms with Crippen LogP contribution >= 0.6 is 0 Å². The average Bonchev–Trinajstić information content (AvgIpc) is 2.59. The Balaban J connectivity index is 2.41. The van der Waals surface area contributed by atoms with Crippen LogP contribution < -0.4 is 0 Å². The summed E-state index contributed by atoms with van der Waals surface area (Å²) in [5.41, 5.74) is 0. The lowest BCUT2D eigenvalue weighted by atomic mass is 9.97. The highest BCUT2D eigenvalue weighted by atomic mass is 32.2. The molecule has 1 aliphatic rings. The maximum atomic E-state index is 11.8. The number of hydrogen-bond acceptors (Lipinski definition) is 3. The normalized spacial score (nSPS) is 17.4. The van der Waals surface area contributed by atoms with E-state index in [0.717, 1.165) is 25.9 Å². The van der Waals surface area contributed by atoms with Gasteiger partial charge >= 0.3 is 0 Å². The van der Waals surface area contributed by atoms with Crippen LogP contribution in [0.3, 0.4) is 0 Å². The van der Waals surface area contributed by atoms with Gasteiger partial charge in [0.25, 0.3) is 0 Å². The lowest BCUT2D eigenvalue weighted by molar-refractivity contribution is 0.143. The molecule has 1 aliphatic heterocycles. The third kappa shape index (κ3) is 9.98. The zero-order valence-corrected chi connectivity index (χ0v) is 18.0. The summed E-state index contributed by atoms with van der Waals surface area (Å²) >= 11 is 0. The Hall–Kier alpha value is -0.0900. The van der Waals surface area contributed by atoms with Crippen LogP contribution in [0.2, 0.25) is 0 Å². The van der Waals surface area contributed by atoms with Crippen LogP contribution in [0.1, 0.15) is 104 Å². The minimum absolute atomic E-state index is 0.0986. The summed E-state index contributed by atoms with van der Waals surface area (Å²) < 4.78 is 23.6. The molecule has 1 heterocycles. The molecule has 0 aromatic rings. The minimum atomic E-state index is -2.86. The SMILES string of the molecule is CCCCCCCC(CCCCCCC)N1CCC(S(C)(=O)=O)CC1. The first-order chi connectivity index (χ1) is 12.0. The van der Waals surface area contributed by atoms with Crippen molar-refractivity contribution >= 4 is 9.84 Å². The van der Waals surface area contributed by atoms with Gasteiger partial charge in [0.15, 0.2) is 0 Å². The molecule has 1 rings (SSSR count). The number of likely N-dealkylation sites (tertiary alicyclic amines) is 1. The molecule has 0 bridgehead atoms. The summed E-state index contributed by atoms with van der Waals surface area (Å²) in [6.07, 6.45) is 19.2. The zero-order valence-electron chi connectivity index (χ0n) is 17.1. The molecule has 0 spiro atoms. The maximum Gasteiger partial charge on any atom is 0.150 e. The number of hydrogen-bond donors (Lipinski definition) is 0. The second kappa shape index (κ2) is 13.1. The first-order valence-corrected chi connectivity index (χ1v) is 12.9. The van der Waals surface area contributed by atoms with Crippen LogP contribution in [-0.4, -0.2) is 44.0 Å². The van der Waals surface area contributed by atoms with Crippen molar-refractivity contribution in [2.45, 2.75) is 115 Å². The van der Waals surface area contributed by atoms with Gasteiger partial charge in [0.2, 0.25) is 0 Å². The van der Waals surface area contributed by atoms with E-state index in [2.05, 4.69) is 18.7 Å². The van der Waals surface area contributed by atoms with E-state index in [1.54, 1.807) is 0 Å². The molecule has 0 N–H and O–H groups in total. The molecule has 0 amide bonds. The topological polar surface area (TPSA) is 37.4 Å². The molecule has 0 radical (unpaired) electrons. The molecule has 1 saturated heterocycles. The van der Waals surface area contributed by atoms with E-state index in [-0.39, 0.29) is 5.25 Å². The number of rotatable bonds is 14. The maximum absolute atomic E-state index is 11.8. The van der Waals surface area contributed by atoms with E-state index >= 15 is 0 Å². The molecule has 0 aromatic carbocycles. The van der Waals surface area contributed by atoms with Crippen molar-refractivity contribution in [3.05, 3.63) is 0 Å². The molecule has 0 aliphatic carbocycles. The van der Waals surface area contributed by atoms with Gasteiger partial charge in [0, 0.05) is 12.3 Å². The largest absolute Gasteiger partial charge is 0.300 e. The average molecular weight is 374 g/mol. The van der Waals surface area contributed by atoms with Gasteiger partial charge in [0.1, 0.15) is 9.84 Å². The van der Waals surface area contributed by atoms with Crippen molar-refractivity contribution in [1.82, 2.24) is 4.90 Å². The van der Waals surface area contributed by atoms with E-state index in [9.17, 15) is 8.42 Å². The second-order valence-corrected chi connectivity index (χ2v) is 10.5. The van der Waals surface area contributed by atoms with Crippen LogP contribution in [0.4, 0.5) is 0 Å². The lowest BCUT2D eigenvalue weighted by Crippen LogP contribution is -2.44. The number of sulfone groups is 1. The molecule has 25 heavy (non-hydrogen) atoms. The molecule has 0 aromatic heterocycles. The zero-order chi connectivity index (χ0) is 18.5. The van der Waals surface area contributed by atoms with Crippen molar-refractivity contribution in [3.63, 3.8) is 0 Å². The smallest absolute Gasteiger partial charge is 0.150 e. The standard InChI is InChI=1S/C21H43NO2S/c1-4-6-8-10-12-14-20(15-13-11-9-7-5-2)22-18-16-21(17-19-22)25(3,23)24/h20-21H,4-19H2,1-3H3. The van der Waals surface area contributed by atoms with E-state index in [4.69, 9.17) is 0 Å². The van der Waals surface area contributed by atoms with Gasteiger partial charge in [-0.3, -0.25) is 0 Å². The van der Waals surface area contributed by atoms with Gasteiger partial charge in [-0.05, 0) is 38.8 Å². The molecule has 4 heteroatoms. The number of unbranched alkanes of at least 4 members (excludes halogenated alkanes) is 8. The monoisotopic (exact) mass is 373 g/mol. The van der Waals surface area contributed by atoms with E-state index in [0.29, 0.717) is 6.04 Å². The quantitative estimate of drug-likeness (QED) is 0.373. The fourth-order valence-corrected chi connectivity index (χ4v) is 5.21. The number of piperidine rings is 1. The summed E-state index contributed by atoms with van der Waals surface area (Å²) in [5, 5.41) is -0.0986. The van der Waals surface area contributed by atoms with E-state index < -0.39 is 9.84 Å². The van der Waals surface area contributed by atoms with Crippen molar-refractivity contribution in [3.8, 4) is 0 Å². The molecular weight excluding hydrogens is 330 g/mol. The van der Waals surface area contributed by atoms with Gasteiger partial charge in [-0.15, -0.1) is 0 Å². The number of nitrogens with zero attached hydrogens (tertiary/aromatic N) is 1. The van der Waals surface area contributed by atoms with E-state index in [1.807, 2.05) is 0 Å². The Morgan fingerprint density at radius 1 is 0.800 bits per heavy atom. The third-order valence-corrected chi connectivity index (χ3v) is 7.56. The van der Waals surface area contributed by atoms with Crippen LogP contribution in [-0.2, 0) is 9.84 Å². The molecule has 3 nitrogen and oxygen atoms in total. The molecule has 1 fully saturated rings. The highest BCUT2D eigenvalue weighted by Crippen LogP contribution is 2.24. The fraction of sp³-hybridized carbons (Fsp3) is 1.00. The molecule has 150 valence electrons. The van der Waals surface area contributed by atoms with Crippen LogP contribution in [0.15, 0.2) is 0 Å². The fourth-order valence-electron chi connectivity index (χ4n) is 4.15. The van der Waals surface area contributed by atoms with Crippen molar-refractivity contribution in [2.75, 3.05) is 19.3 Å². The van der Waals surface area contributed by atoms with Crippen LogP contribution in [0.25, 0.3) is 0 Å². The van der Waals surface area contributed by atoms with Crippen molar-refractivity contribution in [2.24, 2.45) is 0 Å². The summed E-state index contributed by atoms with van der Waals surface area (Å²) in [6.45, 7) is 6.49. The highest BCUT2D eigenvalue weighted by molar-refractivity contribution is 7.91. The molecule has 0 unspecified atom stereocenters. The summed E-state index contributed by atoms with van der Waals surface area (Å²) in [6, 6.07) is 0.684. The van der Waals surface area contributed by atoms with Crippen LogP contribution in [0, 0.1) is 0 Å². The first-order valence-electron chi connectivity index (χ1n) is 10.9. The van der Waals surface area contributed by atoms with Gasteiger partial charge in [-0.1, -0.05) is 78.1 Å². The Kier molecular flexibility index (Phi) is 12.1. The third-order valence-electron chi connectivity index (χ3n) is 5.88. The second-order valence-electron chi connectivity index (χ2n) is 8.12. The van der Waals surface area contributed by atoms with Crippen molar-refractivity contribution in [1.29, 1.82) is 0 Å². The minimum Gasteiger partial charge on any atom is -0.300 e. The lowest BCUT2D eigenvalue weighted by Gasteiger charge is -2.37. The van der Waals surface area contributed by atoms with Crippen molar-refractivity contribution < 1.29 is 8.42 Å². The van der Waals surface area contributed by atoms with Crippen LogP contribution in [0.5, 0.6) is 0 Å². The Morgan fingerprint density at radius 3 is 1.64 bits per heavy atom. The summed E-state index contributed by atoms with van der Waals surface area (Å²) in [7, 11) is -2.86. The Bertz CT molecular complexity index is 400. The predicted octanol–water partition coefficient (Wildman–Crippen LogP) is 5.59. The van der Waals surface area contributed by atoms with Gasteiger partial charge in [0.05, 0.1) is 5.25 Å².